The number of nitrogens with zero attached hydrogens (tertiary/aromatic N) is 8. The van der Waals surface area contributed by atoms with Gasteiger partial charge in [0.25, 0.3) is 11.5 Å². The summed E-state index contributed by atoms with van der Waals surface area (Å²) in [6.07, 6.45) is 3.93. The molecule has 41 heavy (non-hydrogen) atoms. The molecule has 2 aliphatic rings. The minimum atomic E-state index is -0.264. The van der Waals surface area contributed by atoms with Crippen molar-refractivity contribution in [3.05, 3.63) is 65.6 Å². The van der Waals surface area contributed by atoms with Crippen LogP contribution >= 0.6 is 0 Å². The van der Waals surface area contributed by atoms with Crippen LogP contribution in [0.4, 0.5) is 23.1 Å². The van der Waals surface area contributed by atoms with Crippen LogP contribution in [0.1, 0.15) is 13.3 Å². The second kappa shape index (κ2) is 11.0. The minimum Gasteiger partial charge on any atom is -0.480 e. The van der Waals surface area contributed by atoms with E-state index in [1.165, 1.54) is 16.6 Å². The van der Waals surface area contributed by atoms with E-state index in [4.69, 9.17) is 14.7 Å². The van der Waals surface area contributed by atoms with Crippen LogP contribution in [0.15, 0.2) is 60.0 Å². The molecule has 1 N–H and O–H groups in total. The molecule has 0 saturated carbocycles. The van der Waals surface area contributed by atoms with Gasteiger partial charge in [0.05, 0.1) is 6.54 Å². The van der Waals surface area contributed by atoms with Crippen LogP contribution in [0.25, 0.3) is 16.9 Å². The van der Waals surface area contributed by atoms with Gasteiger partial charge in [0.15, 0.2) is 29.6 Å². The summed E-state index contributed by atoms with van der Waals surface area (Å²) in [4.78, 5) is 46.2. The Hall–Kier alpha value is -4.71. The molecule has 1 fully saturated rings. The Morgan fingerprint density at radius 2 is 1.83 bits per heavy atom. The number of carbonyl (C=O) groups excluding carboxylic acids is 1. The summed E-state index contributed by atoms with van der Waals surface area (Å²) in [5.41, 5.74) is 2.13. The van der Waals surface area contributed by atoms with Crippen molar-refractivity contribution in [2.45, 2.75) is 19.9 Å². The summed E-state index contributed by atoms with van der Waals surface area (Å²) in [5, 5.41) is 3.61. The minimum absolute atomic E-state index is 0.0275. The lowest BCUT2D eigenvalue weighted by molar-refractivity contribution is -0.121. The molecular weight excluding hydrogens is 522 g/mol. The molecule has 1 amide bonds. The summed E-state index contributed by atoms with van der Waals surface area (Å²) in [6, 6.07) is 11.7. The Bertz CT molecular complexity index is 1650. The molecule has 1 aromatic carbocycles. The summed E-state index contributed by atoms with van der Waals surface area (Å²) in [7, 11) is 2.14. The van der Waals surface area contributed by atoms with E-state index in [1.54, 1.807) is 27.8 Å². The maximum absolute atomic E-state index is 13.4. The van der Waals surface area contributed by atoms with Gasteiger partial charge in [-0.25, -0.2) is 19.3 Å². The first kappa shape index (κ1) is 26.5. The normalized spacial score (nSPS) is 15.6. The molecule has 5 heterocycles. The smallest absolute Gasteiger partial charge is 0.278 e. The van der Waals surface area contributed by atoms with Crippen LogP contribution in [0.5, 0.6) is 5.75 Å². The molecule has 4 aromatic rings. The third-order valence-electron chi connectivity index (χ3n) is 7.37. The van der Waals surface area contributed by atoms with Gasteiger partial charge in [-0.3, -0.25) is 14.5 Å². The van der Waals surface area contributed by atoms with Gasteiger partial charge >= 0.3 is 0 Å². The quantitative estimate of drug-likeness (QED) is 0.328. The van der Waals surface area contributed by atoms with E-state index in [0.29, 0.717) is 40.9 Å². The van der Waals surface area contributed by atoms with E-state index in [0.717, 1.165) is 38.3 Å². The number of rotatable bonds is 8. The number of benzene rings is 1. The zero-order valence-corrected chi connectivity index (χ0v) is 23.3. The number of ether oxygens (including phenoxy) is 1. The van der Waals surface area contributed by atoms with E-state index in [9.17, 15) is 9.59 Å². The molecule has 0 radical (unpaired) electrons. The largest absolute Gasteiger partial charge is 0.480 e. The molecule has 0 unspecified atom stereocenters. The van der Waals surface area contributed by atoms with Gasteiger partial charge < -0.3 is 19.9 Å². The molecule has 0 aliphatic carbocycles. The molecule has 6 rings (SSSR count). The molecule has 12 nitrogen and oxygen atoms in total. The molecule has 0 spiro atoms. The second-order valence-electron chi connectivity index (χ2n) is 10.2. The Labute approximate surface area is 237 Å². The van der Waals surface area contributed by atoms with Gasteiger partial charge in [0, 0.05) is 50.3 Å². The Kier molecular flexibility index (Phi) is 7.14. The summed E-state index contributed by atoms with van der Waals surface area (Å²) in [6.45, 7) is 10.6. The lowest BCUT2D eigenvalue weighted by Gasteiger charge is -2.34. The van der Waals surface area contributed by atoms with Crippen molar-refractivity contribution in [2.75, 3.05) is 61.5 Å². The molecule has 3 aromatic heterocycles. The lowest BCUT2D eigenvalue weighted by atomic mass is 10.2. The third-order valence-corrected chi connectivity index (χ3v) is 7.37. The van der Waals surface area contributed by atoms with Crippen LogP contribution in [0.2, 0.25) is 0 Å². The van der Waals surface area contributed by atoms with Crippen molar-refractivity contribution in [2.24, 2.45) is 0 Å². The number of allylic oxidation sites excluding steroid dienone is 1. The number of nitrogens with one attached hydrogen (secondary N) is 1. The standard InChI is InChI=1S/C29H33N9O3/c1-4-12-36-25(39)19-41-23-10-11-24(32-27(23)36)38-26-22(28(40)37(38)13-5-2)18-30-29(33-26)31-20-6-8-21(9-7-20)35-16-14-34(3)15-17-35/h5-11,18H,2,4,12-17,19H2,1,3H3,(H,30,31,33). The Morgan fingerprint density at radius 1 is 1.05 bits per heavy atom. The number of aromatic nitrogens is 5. The van der Waals surface area contributed by atoms with E-state index in [-0.39, 0.29) is 24.6 Å². The first-order chi connectivity index (χ1) is 20.0. The zero-order chi connectivity index (χ0) is 28.5. The SMILES string of the molecule is C=CCn1c(=O)c2cnc(Nc3ccc(N4CCN(C)CC4)cc3)nc2n1-c1ccc2c(n1)N(CCC)C(=O)CO2. The first-order valence-corrected chi connectivity index (χ1v) is 13.8. The fourth-order valence-corrected chi connectivity index (χ4v) is 5.20. The highest BCUT2D eigenvalue weighted by atomic mass is 16.5. The first-order valence-electron chi connectivity index (χ1n) is 13.8. The molecule has 2 aliphatic heterocycles. The number of carbonyl (C=O) groups is 1. The molecule has 212 valence electrons. The van der Waals surface area contributed by atoms with Crippen molar-refractivity contribution in [1.29, 1.82) is 0 Å². The number of piperazine rings is 1. The van der Waals surface area contributed by atoms with E-state index in [2.05, 4.69) is 45.9 Å². The fraction of sp³-hybridized carbons (Fsp3) is 0.345. The molecule has 0 atom stereocenters. The predicted octanol–water partition coefficient (Wildman–Crippen LogP) is 2.79. The predicted molar refractivity (Wildman–Crippen MR) is 159 cm³/mol. The van der Waals surface area contributed by atoms with Gasteiger partial charge in [-0.1, -0.05) is 13.0 Å². The number of amides is 1. The third kappa shape index (κ3) is 5.02. The van der Waals surface area contributed by atoms with Crippen molar-refractivity contribution in [3.8, 4) is 11.6 Å². The second-order valence-corrected chi connectivity index (χ2v) is 10.2. The van der Waals surface area contributed by atoms with Gasteiger partial charge in [-0.2, -0.15) is 4.98 Å². The average Bonchev–Trinajstić information content (AvgIpc) is 3.26. The number of hydrogen-bond acceptors (Lipinski definition) is 9. The van der Waals surface area contributed by atoms with Gasteiger partial charge in [-0.05, 0) is 49.9 Å². The number of likely N-dealkylation sites (N-methyl/N-ethyl adjacent to an activating group) is 1. The van der Waals surface area contributed by atoms with Crippen molar-refractivity contribution in [1.82, 2.24) is 29.2 Å². The molecule has 1 saturated heterocycles. The van der Waals surface area contributed by atoms with E-state index >= 15 is 0 Å². The maximum Gasteiger partial charge on any atom is 0.278 e. The van der Waals surface area contributed by atoms with Crippen molar-refractivity contribution in [3.63, 3.8) is 0 Å². The number of anilines is 4. The molecule has 12 heteroatoms. The number of fused-ring (bicyclic) bond motifs is 2. The van der Waals surface area contributed by atoms with Crippen molar-refractivity contribution < 1.29 is 9.53 Å². The van der Waals surface area contributed by atoms with Crippen LogP contribution in [0.3, 0.4) is 0 Å². The number of hydrogen-bond donors (Lipinski definition) is 1. The van der Waals surface area contributed by atoms with Gasteiger partial charge in [0.1, 0.15) is 5.39 Å². The average molecular weight is 556 g/mol. The topological polar surface area (TPSA) is 114 Å². The summed E-state index contributed by atoms with van der Waals surface area (Å²) < 4.78 is 8.77. The van der Waals surface area contributed by atoms with Gasteiger partial charge in [-0.15, -0.1) is 6.58 Å². The monoisotopic (exact) mass is 555 g/mol. The lowest BCUT2D eigenvalue weighted by Crippen LogP contribution is -2.44. The highest BCUT2D eigenvalue weighted by Crippen LogP contribution is 2.32. The van der Waals surface area contributed by atoms with E-state index in [1.807, 2.05) is 19.1 Å². The van der Waals surface area contributed by atoms with Crippen molar-refractivity contribution >= 4 is 40.1 Å². The van der Waals surface area contributed by atoms with Crippen LogP contribution < -0.4 is 25.4 Å². The maximum atomic E-state index is 13.4. The van der Waals surface area contributed by atoms with Crippen LogP contribution in [-0.4, -0.2) is 81.5 Å². The summed E-state index contributed by atoms with van der Waals surface area (Å²) >= 11 is 0. The Balaban J connectivity index is 1.36. The van der Waals surface area contributed by atoms with E-state index < -0.39 is 0 Å². The molecule has 0 bridgehead atoms. The summed E-state index contributed by atoms with van der Waals surface area (Å²) in [5.74, 6) is 1.56. The highest BCUT2D eigenvalue weighted by Gasteiger charge is 2.28. The van der Waals surface area contributed by atoms with Crippen LogP contribution in [-0.2, 0) is 11.3 Å². The van der Waals surface area contributed by atoms with Crippen LogP contribution in [0, 0.1) is 0 Å². The Morgan fingerprint density at radius 3 is 2.56 bits per heavy atom. The highest BCUT2D eigenvalue weighted by molar-refractivity contribution is 5.96. The zero-order valence-electron chi connectivity index (χ0n) is 23.3. The number of pyridine rings is 1. The molecular formula is C29H33N9O3. The fourth-order valence-electron chi connectivity index (χ4n) is 5.20. The van der Waals surface area contributed by atoms with Gasteiger partial charge in [0.2, 0.25) is 5.95 Å².